The summed E-state index contributed by atoms with van der Waals surface area (Å²) in [5.41, 5.74) is 10.6. The molecule has 1 aliphatic carbocycles. The topological polar surface area (TPSA) is 137 Å². The number of nitrogens with two attached hydrogens (primary N) is 2. The van der Waals surface area contributed by atoms with Crippen molar-refractivity contribution in [1.29, 1.82) is 0 Å². The van der Waals surface area contributed by atoms with E-state index in [4.69, 9.17) is 11.5 Å². The molecule has 2 rings (SSSR count). The molecular formula is C11H15N5O3. The Labute approximate surface area is 109 Å². The molecule has 1 fully saturated rings. The molecule has 0 bridgehead atoms. The molecule has 0 radical (unpaired) electrons. The molecule has 0 spiro atoms. The zero-order chi connectivity index (χ0) is 14.0. The highest BCUT2D eigenvalue weighted by Crippen LogP contribution is 2.34. The van der Waals surface area contributed by atoms with E-state index in [2.05, 4.69) is 10.3 Å². The molecule has 8 nitrogen and oxygen atoms in total. The van der Waals surface area contributed by atoms with E-state index in [-0.39, 0.29) is 23.1 Å². The third-order valence-electron chi connectivity index (χ3n) is 3.12. The lowest BCUT2D eigenvalue weighted by Crippen LogP contribution is -2.32. The molecule has 1 amide bonds. The Morgan fingerprint density at radius 1 is 1.63 bits per heavy atom. The number of aromatic nitrogens is 1. The second kappa shape index (κ2) is 5.19. The first-order chi connectivity index (χ1) is 9.02. The second-order valence-electron chi connectivity index (χ2n) is 4.54. The third kappa shape index (κ3) is 2.97. The maximum atomic E-state index is 11.3. The van der Waals surface area contributed by atoms with Crippen molar-refractivity contribution in [3.63, 3.8) is 0 Å². The lowest BCUT2D eigenvalue weighted by atomic mass is 10.1. The van der Waals surface area contributed by atoms with Crippen LogP contribution in [-0.2, 0) is 0 Å². The third-order valence-corrected chi connectivity index (χ3v) is 3.12. The van der Waals surface area contributed by atoms with Gasteiger partial charge in [-0.25, -0.2) is 4.98 Å². The van der Waals surface area contributed by atoms with Gasteiger partial charge in [-0.2, -0.15) is 0 Å². The minimum atomic E-state index is -0.759. The second-order valence-corrected chi connectivity index (χ2v) is 4.54. The lowest BCUT2D eigenvalue weighted by Gasteiger charge is -2.17. The van der Waals surface area contributed by atoms with Gasteiger partial charge in [-0.1, -0.05) is 0 Å². The summed E-state index contributed by atoms with van der Waals surface area (Å²) in [4.78, 5) is 25.3. The van der Waals surface area contributed by atoms with Crippen LogP contribution in [0.2, 0.25) is 0 Å². The van der Waals surface area contributed by atoms with Crippen LogP contribution in [0.15, 0.2) is 12.3 Å². The van der Waals surface area contributed by atoms with Crippen LogP contribution < -0.4 is 16.8 Å². The van der Waals surface area contributed by atoms with E-state index in [0.29, 0.717) is 12.5 Å². The molecule has 19 heavy (non-hydrogen) atoms. The van der Waals surface area contributed by atoms with Gasteiger partial charge >= 0.3 is 0 Å². The average molecular weight is 265 g/mol. The summed E-state index contributed by atoms with van der Waals surface area (Å²) in [7, 11) is 0. The summed E-state index contributed by atoms with van der Waals surface area (Å²) in [5.74, 6) is -0.0477. The van der Waals surface area contributed by atoms with E-state index in [0.717, 1.165) is 25.1 Å². The summed E-state index contributed by atoms with van der Waals surface area (Å²) in [6.07, 6.45) is 3.25. The molecule has 1 atom stereocenters. The Morgan fingerprint density at radius 2 is 2.32 bits per heavy atom. The van der Waals surface area contributed by atoms with Gasteiger partial charge in [0.1, 0.15) is 12.0 Å². The van der Waals surface area contributed by atoms with E-state index in [1.54, 1.807) is 0 Å². The number of nitro groups is 1. The molecule has 102 valence electrons. The molecule has 1 unspecified atom stereocenters. The number of nitrogens with zero attached hydrogens (tertiary/aromatic N) is 2. The molecule has 1 heterocycles. The van der Waals surface area contributed by atoms with Crippen LogP contribution >= 0.6 is 0 Å². The molecule has 5 N–H and O–H groups in total. The van der Waals surface area contributed by atoms with E-state index < -0.39 is 10.8 Å². The van der Waals surface area contributed by atoms with Gasteiger partial charge in [0.15, 0.2) is 0 Å². The van der Waals surface area contributed by atoms with Crippen LogP contribution in [0.4, 0.5) is 11.5 Å². The number of anilines is 1. The number of nitrogens with one attached hydrogen (secondary N) is 1. The SMILES string of the molecule is NCC(Nc1ncc([N+](=O)[O-])cc1C(N)=O)C1CC1. The first-order valence-corrected chi connectivity index (χ1v) is 5.93. The molecule has 0 saturated heterocycles. The van der Waals surface area contributed by atoms with Gasteiger partial charge in [-0.05, 0) is 18.8 Å². The van der Waals surface area contributed by atoms with Crippen LogP contribution in [0.3, 0.4) is 0 Å². The molecule has 1 aliphatic rings. The highest BCUT2D eigenvalue weighted by Gasteiger charge is 2.31. The maximum Gasteiger partial charge on any atom is 0.288 e. The first kappa shape index (κ1) is 13.2. The largest absolute Gasteiger partial charge is 0.365 e. The lowest BCUT2D eigenvalue weighted by molar-refractivity contribution is -0.385. The van der Waals surface area contributed by atoms with E-state index in [1.807, 2.05) is 0 Å². The standard InChI is InChI=1S/C11H15N5O3/c12-4-9(6-1-2-6)15-11-8(10(13)17)3-7(5-14-11)16(18)19/h3,5-6,9H,1-2,4,12H2,(H2,13,17)(H,14,15). The summed E-state index contributed by atoms with van der Waals surface area (Å²) < 4.78 is 0. The van der Waals surface area contributed by atoms with Crippen molar-refractivity contribution in [2.24, 2.45) is 17.4 Å². The monoisotopic (exact) mass is 265 g/mol. The highest BCUT2D eigenvalue weighted by atomic mass is 16.6. The molecule has 1 aromatic heterocycles. The molecule has 1 saturated carbocycles. The number of carbonyl (C=O) groups is 1. The predicted molar refractivity (Wildman–Crippen MR) is 68.6 cm³/mol. The number of carbonyl (C=O) groups excluding carboxylic acids is 1. The van der Waals surface area contributed by atoms with E-state index in [9.17, 15) is 14.9 Å². The quantitative estimate of drug-likeness (QED) is 0.497. The number of primary amides is 1. The maximum absolute atomic E-state index is 11.3. The van der Waals surface area contributed by atoms with Gasteiger partial charge in [0.2, 0.25) is 0 Å². The summed E-state index contributed by atoms with van der Waals surface area (Å²) >= 11 is 0. The Kier molecular flexibility index (Phi) is 3.61. The van der Waals surface area contributed by atoms with E-state index >= 15 is 0 Å². The number of hydrogen-bond donors (Lipinski definition) is 3. The Bertz CT molecular complexity index is 515. The number of amides is 1. The predicted octanol–water partition coefficient (Wildman–Crippen LogP) is 0.238. The van der Waals surface area contributed by atoms with Gasteiger partial charge in [0, 0.05) is 18.7 Å². The van der Waals surface area contributed by atoms with Crippen molar-refractivity contribution < 1.29 is 9.72 Å². The van der Waals surface area contributed by atoms with Crippen molar-refractivity contribution in [1.82, 2.24) is 4.98 Å². The zero-order valence-electron chi connectivity index (χ0n) is 10.2. The number of rotatable bonds is 6. The van der Waals surface area contributed by atoms with Crippen LogP contribution in [0.25, 0.3) is 0 Å². The Balaban J connectivity index is 2.28. The van der Waals surface area contributed by atoms with Crippen molar-refractivity contribution >= 4 is 17.4 Å². The van der Waals surface area contributed by atoms with Gasteiger partial charge < -0.3 is 16.8 Å². The number of hydrogen-bond acceptors (Lipinski definition) is 6. The van der Waals surface area contributed by atoms with Crippen LogP contribution in [-0.4, -0.2) is 28.4 Å². The van der Waals surface area contributed by atoms with Gasteiger partial charge in [-0.3, -0.25) is 14.9 Å². The minimum Gasteiger partial charge on any atom is -0.365 e. The molecule has 1 aromatic rings. The smallest absolute Gasteiger partial charge is 0.288 e. The first-order valence-electron chi connectivity index (χ1n) is 5.93. The van der Waals surface area contributed by atoms with Crippen LogP contribution in [0, 0.1) is 16.0 Å². The average Bonchev–Trinajstić information content (AvgIpc) is 3.19. The normalized spacial score (nSPS) is 15.8. The molecule has 8 heteroatoms. The zero-order valence-corrected chi connectivity index (χ0v) is 10.2. The van der Waals surface area contributed by atoms with Crippen molar-refractivity contribution in [3.05, 3.63) is 27.9 Å². The molecule has 0 aliphatic heterocycles. The Morgan fingerprint density at radius 3 is 2.79 bits per heavy atom. The fraction of sp³-hybridized carbons (Fsp3) is 0.455. The van der Waals surface area contributed by atoms with Crippen molar-refractivity contribution in [2.75, 3.05) is 11.9 Å². The Hall–Kier alpha value is -2.22. The highest BCUT2D eigenvalue weighted by molar-refractivity contribution is 5.98. The molecular weight excluding hydrogens is 250 g/mol. The fourth-order valence-corrected chi connectivity index (χ4v) is 1.90. The number of pyridine rings is 1. The minimum absolute atomic E-state index is 0.00653. The van der Waals surface area contributed by atoms with Crippen LogP contribution in [0.1, 0.15) is 23.2 Å². The summed E-state index contributed by atoms with van der Waals surface area (Å²) in [6.45, 7) is 0.404. The van der Waals surface area contributed by atoms with Gasteiger partial charge in [-0.15, -0.1) is 0 Å². The summed E-state index contributed by atoms with van der Waals surface area (Å²) in [6, 6.07) is 1.13. The van der Waals surface area contributed by atoms with Crippen molar-refractivity contribution in [3.8, 4) is 0 Å². The van der Waals surface area contributed by atoms with Crippen molar-refractivity contribution in [2.45, 2.75) is 18.9 Å². The fourth-order valence-electron chi connectivity index (χ4n) is 1.90. The van der Waals surface area contributed by atoms with Gasteiger partial charge in [0.05, 0.1) is 10.5 Å². The van der Waals surface area contributed by atoms with Gasteiger partial charge in [0.25, 0.3) is 11.6 Å². The summed E-state index contributed by atoms with van der Waals surface area (Å²) in [5, 5.41) is 13.7. The van der Waals surface area contributed by atoms with E-state index in [1.165, 1.54) is 0 Å². The van der Waals surface area contributed by atoms with Crippen LogP contribution in [0.5, 0.6) is 0 Å². The molecule has 0 aromatic carbocycles.